The number of sulfonamides is 1. The highest BCUT2D eigenvalue weighted by Gasteiger charge is 2.07. The third-order valence-electron chi connectivity index (χ3n) is 2.22. The Morgan fingerprint density at radius 2 is 2.11 bits per heavy atom. The van der Waals surface area contributed by atoms with Crippen LogP contribution >= 0.6 is 24.0 Å². The Balaban J connectivity index is 0.00000324. The monoisotopic (exact) mass is 398 g/mol. The molecule has 0 saturated heterocycles. The zero-order valence-electron chi connectivity index (χ0n) is 10.7. The number of halogens is 1. The van der Waals surface area contributed by atoms with Gasteiger partial charge < -0.3 is 11.1 Å². The summed E-state index contributed by atoms with van der Waals surface area (Å²) in [5, 5.41) is 7.98. The van der Waals surface area contributed by atoms with Crippen LogP contribution in [0.4, 0.5) is 0 Å². The first-order valence-electron chi connectivity index (χ1n) is 5.59. The Kier molecular flexibility index (Phi) is 7.95. The molecule has 0 amide bonds. The number of nitrogens with two attached hydrogens (primary N) is 2. The maximum Gasteiger partial charge on any atom is 0.238 e. The van der Waals surface area contributed by atoms with E-state index in [0.717, 1.165) is 18.5 Å². The van der Waals surface area contributed by atoms with Gasteiger partial charge in [-0.25, -0.2) is 18.5 Å². The molecule has 0 unspecified atom stereocenters. The molecule has 1 aromatic carbocycles. The molecule has 108 valence electrons. The first-order chi connectivity index (χ1) is 8.43. The molecule has 1 rings (SSSR count). The zero-order valence-corrected chi connectivity index (χ0v) is 13.8. The number of hydrogen-bond donors (Lipinski definition) is 3. The maximum absolute atomic E-state index is 11.2. The van der Waals surface area contributed by atoms with Crippen LogP contribution < -0.4 is 16.2 Å². The number of nitrogens with zero attached hydrogens (tertiary/aromatic N) is 1. The summed E-state index contributed by atoms with van der Waals surface area (Å²) in [6.45, 7) is 3.09. The van der Waals surface area contributed by atoms with Crippen molar-refractivity contribution in [1.82, 2.24) is 5.32 Å². The predicted molar refractivity (Wildman–Crippen MR) is 86.9 cm³/mol. The zero-order chi connectivity index (χ0) is 13.6. The first kappa shape index (κ1) is 18.1. The average Bonchev–Trinajstić information content (AvgIpc) is 2.33. The second-order valence-corrected chi connectivity index (χ2v) is 5.38. The minimum absolute atomic E-state index is 0. The number of guanidine groups is 1. The van der Waals surface area contributed by atoms with Crippen LogP contribution in [0.3, 0.4) is 0 Å². The molecule has 0 aromatic heterocycles. The van der Waals surface area contributed by atoms with Crippen molar-refractivity contribution in [2.24, 2.45) is 15.9 Å². The fourth-order valence-electron chi connectivity index (χ4n) is 1.31. The molecule has 0 spiro atoms. The highest BCUT2D eigenvalue weighted by Crippen LogP contribution is 2.10. The lowest BCUT2D eigenvalue weighted by Crippen LogP contribution is -2.32. The van der Waals surface area contributed by atoms with E-state index in [1.54, 1.807) is 12.1 Å². The Labute approximate surface area is 130 Å². The van der Waals surface area contributed by atoms with E-state index in [4.69, 9.17) is 10.9 Å². The summed E-state index contributed by atoms with van der Waals surface area (Å²) < 4.78 is 22.3. The Morgan fingerprint density at radius 1 is 1.42 bits per heavy atom. The molecule has 0 aliphatic rings. The summed E-state index contributed by atoms with van der Waals surface area (Å²) in [5.74, 6) is 0.345. The van der Waals surface area contributed by atoms with Gasteiger partial charge in [0.25, 0.3) is 0 Å². The van der Waals surface area contributed by atoms with Crippen molar-refractivity contribution < 1.29 is 8.42 Å². The van der Waals surface area contributed by atoms with E-state index in [2.05, 4.69) is 10.3 Å². The molecule has 6 nitrogen and oxygen atoms in total. The molecular formula is C11H19IN4O2S. The van der Waals surface area contributed by atoms with Gasteiger partial charge in [-0.1, -0.05) is 19.1 Å². The third-order valence-corrected chi connectivity index (χ3v) is 3.13. The normalized spacial score (nSPS) is 11.8. The van der Waals surface area contributed by atoms with Crippen LogP contribution in [-0.4, -0.2) is 20.9 Å². The summed E-state index contributed by atoms with van der Waals surface area (Å²) >= 11 is 0. The second-order valence-electron chi connectivity index (χ2n) is 3.82. The summed E-state index contributed by atoms with van der Waals surface area (Å²) in [6.07, 6.45) is 0.955. The van der Waals surface area contributed by atoms with Crippen molar-refractivity contribution in [3.8, 4) is 0 Å². The van der Waals surface area contributed by atoms with E-state index in [9.17, 15) is 8.42 Å². The molecule has 5 N–H and O–H groups in total. The molecular weight excluding hydrogens is 379 g/mol. The highest BCUT2D eigenvalue weighted by atomic mass is 127. The summed E-state index contributed by atoms with van der Waals surface area (Å²) in [7, 11) is -3.67. The van der Waals surface area contributed by atoms with Gasteiger partial charge >= 0.3 is 0 Å². The van der Waals surface area contributed by atoms with E-state index in [1.165, 1.54) is 12.1 Å². The summed E-state index contributed by atoms with van der Waals surface area (Å²) in [4.78, 5) is 4.18. The minimum Gasteiger partial charge on any atom is -0.370 e. The largest absolute Gasteiger partial charge is 0.370 e. The van der Waals surface area contributed by atoms with Crippen LogP contribution in [0, 0.1) is 0 Å². The lowest BCUT2D eigenvalue weighted by molar-refractivity contribution is 0.597. The molecule has 1 aromatic rings. The molecule has 0 saturated carbocycles. The van der Waals surface area contributed by atoms with E-state index < -0.39 is 10.0 Å². The van der Waals surface area contributed by atoms with Gasteiger partial charge in [-0.05, 0) is 24.1 Å². The molecule has 0 fully saturated rings. The van der Waals surface area contributed by atoms with E-state index in [-0.39, 0.29) is 28.9 Å². The van der Waals surface area contributed by atoms with Gasteiger partial charge in [0.15, 0.2) is 5.96 Å². The number of hydrogen-bond acceptors (Lipinski definition) is 3. The predicted octanol–water partition coefficient (Wildman–Crippen LogP) is 0.766. The molecule has 0 heterocycles. The second kappa shape index (κ2) is 8.33. The standard InChI is InChI=1S/C11H18N4O2S.HI/c1-2-6-14-11(12)15-8-9-4-3-5-10(7-9)18(13,16)17;/h3-5,7H,2,6,8H2,1H3,(H3,12,14,15)(H2,13,16,17);1H. The van der Waals surface area contributed by atoms with Gasteiger partial charge in [-0.3, -0.25) is 0 Å². The number of rotatable bonds is 5. The summed E-state index contributed by atoms with van der Waals surface area (Å²) in [5.41, 5.74) is 6.37. The van der Waals surface area contributed by atoms with Crippen LogP contribution in [0.1, 0.15) is 18.9 Å². The van der Waals surface area contributed by atoms with Crippen LogP contribution in [0.25, 0.3) is 0 Å². The van der Waals surface area contributed by atoms with Crippen LogP contribution in [0.15, 0.2) is 34.2 Å². The Hall–Kier alpha value is -0.870. The van der Waals surface area contributed by atoms with E-state index >= 15 is 0 Å². The fourth-order valence-corrected chi connectivity index (χ4v) is 1.89. The number of nitrogens with one attached hydrogen (secondary N) is 1. The number of benzene rings is 1. The van der Waals surface area contributed by atoms with Crippen LogP contribution in [0.2, 0.25) is 0 Å². The maximum atomic E-state index is 11.2. The molecule has 0 aliphatic carbocycles. The minimum atomic E-state index is -3.67. The third kappa shape index (κ3) is 6.73. The van der Waals surface area contributed by atoms with Crippen molar-refractivity contribution in [2.45, 2.75) is 24.8 Å². The molecule has 0 aliphatic heterocycles. The number of aliphatic imine (C=N–C) groups is 1. The van der Waals surface area contributed by atoms with Crippen molar-refractivity contribution in [3.63, 3.8) is 0 Å². The van der Waals surface area contributed by atoms with E-state index in [1.807, 2.05) is 6.92 Å². The topological polar surface area (TPSA) is 111 Å². The van der Waals surface area contributed by atoms with Crippen molar-refractivity contribution in [3.05, 3.63) is 29.8 Å². The SMILES string of the molecule is CCCNC(N)=NCc1cccc(S(N)(=O)=O)c1.I. The van der Waals surface area contributed by atoms with Gasteiger partial charge in [-0.15, -0.1) is 24.0 Å². The van der Waals surface area contributed by atoms with Crippen molar-refractivity contribution in [1.29, 1.82) is 0 Å². The summed E-state index contributed by atoms with van der Waals surface area (Å²) in [6, 6.07) is 6.33. The van der Waals surface area contributed by atoms with Crippen molar-refractivity contribution >= 4 is 40.0 Å². The molecule has 19 heavy (non-hydrogen) atoms. The average molecular weight is 398 g/mol. The van der Waals surface area contributed by atoms with Gasteiger partial charge in [0.1, 0.15) is 0 Å². The number of primary sulfonamides is 1. The molecule has 0 atom stereocenters. The van der Waals surface area contributed by atoms with E-state index in [0.29, 0.717) is 12.5 Å². The smallest absolute Gasteiger partial charge is 0.238 e. The highest BCUT2D eigenvalue weighted by molar-refractivity contribution is 14.0. The van der Waals surface area contributed by atoms with Gasteiger partial charge in [0, 0.05) is 6.54 Å². The van der Waals surface area contributed by atoms with Crippen molar-refractivity contribution in [2.75, 3.05) is 6.54 Å². The lowest BCUT2D eigenvalue weighted by Gasteiger charge is -2.04. The van der Waals surface area contributed by atoms with Gasteiger partial charge in [0.05, 0.1) is 11.4 Å². The van der Waals surface area contributed by atoms with Gasteiger partial charge in [0.2, 0.25) is 10.0 Å². The molecule has 0 bridgehead atoms. The lowest BCUT2D eigenvalue weighted by atomic mass is 10.2. The molecule has 8 heteroatoms. The fraction of sp³-hybridized carbons (Fsp3) is 0.364. The first-order valence-corrected chi connectivity index (χ1v) is 7.13. The van der Waals surface area contributed by atoms with Crippen LogP contribution in [-0.2, 0) is 16.6 Å². The molecule has 0 radical (unpaired) electrons. The quantitative estimate of drug-likeness (QED) is 0.387. The Bertz CT molecular complexity index is 531. The Morgan fingerprint density at radius 3 is 2.68 bits per heavy atom. The van der Waals surface area contributed by atoms with Crippen LogP contribution in [0.5, 0.6) is 0 Å². The van der Waals surface area contributed by atoms with Gasteiger partial charge in [-0.2, -0.15) is 0 Å².